The summed E-state index contributed by atoms with van der Waals surface area (Å²) in [5.41, 5.74) is 0. The van der Waals surface area contributed by atoms with Crippen LogP contribution >= 0.6 is 7.82 Å². The Hall–Kier alpha value is -0.960. The lowest BCUT2D eigenvalue weighted by atomic mass is 9.85. The molecule has 338 valence electrons. The van der Waals surface area contributed by atoms with Crippen LogP contribution in [0.3, 0.4) is 0 Å². The van der Waals surface area contributed by atoms with Crippen LogP contribution in [0.25, 0.3) is 0 Å². The Labute approximate surface area is 344 Å². The van der Waals surface area contributed by atoms with E-state index in [0.29, 0.717) is 12.8 Å². The molecular formula is C43H84NO12P. The quantitative estimate of drug-likeness (QED) is 0.0175. The van der Waals surface area contributed by atoms with Crippen LogP contribution in [0.4, 0.5) is 0 Å². The van der Waals surface area contributed by atoms with Crippen LogP contribution in [-0.2, 0) is 18.4 Å². The summed E-state index contributed by atoms with van der Waals surface area (Å²) in [4.78, 5) is 23.3. The molecule has 0 heterocycles. The molecule has 0 spiro atoms. The van der Waals surface area contributed by atoms with E-state index in [-0.39, 0.29) is 12.8 Å². The number of carbonyl (C=O) groups excluding carboxylic acids is 1. The first kappa shape index (κ1) is 54.1. The van der Waals surface area contributed by atoms with E-state index in [4.69, 9.17) is 9.05 Å². The predicted molar refractivity (Wildman–Crippen MR) is 224 cm³/mol. The molecule has 0 aliphatic heterocycles. The van der Waals surface area contributed by atoms with E-state index in [2.05, 4.69) is 31.3 Å². The van der Waals surface area contributed by atoms with Crippen molar-refractivity contribution in [1.82, 2.24) is 5.32 Å². The van der Waals surface area contributed by atoms with Crippen molar-refractivity contribution in [3.8, 4) is 0 Å². The number of hydrogen-bond acceptors (Lipinski definition) is 11. The summed E-state index contributed by atoms with van der Waals surface area (Å²) in [6.45, 7) is 3.73. The third-order valence-electron chi connectivity index (χ3n) is 11.1. The van der Waals surface area contributed by atoms with Crippen molar-refractivity contribution in [2.24, 2.45) is 0 Å². The number of aliphatic hydroxyl groups is 7. The van der Waals surface area contributed by atoms with Crippen LogP contribution in [0.2, 0.25) is 0 Å². The Kier molecular flexibility index (Phi) is 32.0. The zero-order valence-electron chi connectivity index (χ0n) is 35.5. The minimum Gasteiger partial charge on any atom is -0.393 e. The molecule has 57 heavy (non-hydrogen) atoms. The molecule has 1 amide bonds. The molecule has 0 saturated heterocycles. The maximum atomic E-state index is 12.9. The highest BCUT2D eigenvalue weighted by atomic mass is 31.2. The Morgan fingerprint density at radius 1 is 0.596 bits per heavy atom. The number of phosphoric acid groups is 1. The van der Waals surface area contributed by atoms with Gasteiger partial charge in [-0.2, -0.15) is 0 Å². The van der Waals surface area contributed by atoms with Crippen molar-refractivity contribution < 1.29 is 59.0 Å². The standard InChI is InChI=1S/C43H84NO12P/c1-3-5-7-9-11-13-14-15-16-17-18-19-20-21-22-23-24-26-28-30-34(45)32-37(47)44-35(36(46)31-29-27-25-12-10-8-6-4-2)33-55-57(53,54)56-43-41(51)39(49)38(48)40(50)42(43)52/h19-20,34-36,38-43,45-46,48-52H,3-18,21-33H2,1-2H3,(H,44,47)(H,53,54)/b20-19-. The average molecular weight is 838 g/mol. The van der Waals surface area contributed by atoms with Crippen molar-refractivity contribution >= 4 is 13.7 Å². The molecule has 8 atom stereocenters. The molecule has 0 radical (unpaired) electrons. The van der Waals surface area contributed by atoms with Crippen molar-refractivity contribution in [2.45, 2.75) is 249 Å². The first-order valence-electron chi connectivity index (χ1n) is 22.7. The minimum absolute atomic E-state index is 0.226. The van der Waals surface area contributed by atoms with Crippen molar-refractivity contribution in [1.29, 1.82) is 0 Å². The third kappa shape index (κ3) is 26.1. The first-order valence-corrected chi connectivity index (χ1v) is 24.2. The monoisotopic (exact) mass is 838 g/mol. The molecule has 1 aliphatic rings. The van der Waals surface area contributed by atoms with Gasteiger partial charge in [0.15, 0.2) is 0 Å². The van der Waals surface area contributed by atoms with Crippen LogP contribution in [0, 0.1) is 0 Å². The Morgan fingerprint density at radius 2 is 0.982 bits per heavy atom. The summed E-state index contributed by atoms with van der Waals surface area (Å²) in [5.74, 6) is -0.567. The highest BCUT2D eigenvalue weighted by molar-refractivity contribution is 7.47. The fourth-order valence-corrected chi connectivity index (χ4v) is 8.32. The van der Waals surface area contributed by atoms with E-state index < -0.39 is 75.2 Å². The lowest BCUT2D eigenvalue weighted by molar-refractivity contribution is -0.220. The van der Waals surface area contributed by atoms with Gasteiger partial charge in [-0.3, -0.25) is 13.8 Å². The molecule has 1 rings (SSSR count). The van der Waals surface area contributed by atoms with Gasteiger partial charge in [-0.15, -0.1) is 0 Å². The molecule has 13 nitrogen and oxygen atoms in total. The highest BCUT2D eigenvalue weighted by Crippen LogP contribution is 2.47. The second-order valence-corrected chi connectivity index (χ2v) is 17.8. The van der Waals surface area contributed by atoms with Gasteiger partial charge in [0.05, 0.1) is 31.3 Å². The summed E-state index contributed by atoms with van der Waals surface area (Å²) in [7, 11) is -5.11. The molecule has 1 fully saturated rings. The van der Waals surface area contributed by atoms with Gasteiger partial charge < -0.3 is 46.0 Å². The second kappa shape index (κ2) is 33.7. The van der Waals surface area contributed by atoms with Gasteiger partial charge in [-0.25, -0.2) is 4.57 Å². The van der Waals surface area contributed by atoms with Crippen molar-refractivity contribution in [3.63, 3.8) is 0 Å². The number of amides is 1. The normalized spacial score (nSPS) is 24.0. The van der Waals surface area contributed by atoms with E-state index in [1.165, 1.54) is 77.0 Å². The van der Waals surface area contributed by atoms with Gasteiger partial charge in [0.1, 0.15) is 36.6 Å². The number of nitrogens with one attached hydrogen (secondary N) is 1. The molecule has 1 saturated carbocycles. The van der Waals surface area contributed by atoms with E-state index in [1.54, 1.807) is 0 Å². The summed E-state index contributed by atoms with van der Waals surface area (Å²) in [6, 6.07) is -1.15. The molecule has 9 N–H and O–H groups in total. The van der Waals surface area contributed by atoms with E-state index in [0.717, 1.165) is 77.0 Å². The number of hydrogen-bond donors (Lipinski definition) is 9. The van der Waals surface area contributed by atoms with Gasteiger partial charge in [-0.1, -0.05) is 161 Å². The Bertz CT molecular complexity index is 1040. The number of carbonyl (C=O) groups is 1. The van der Waals surface area contributed by atoms with Crippen LogP contribution in [-0.4, -0.2) is 108 Å². The summed E-state index contributed by atoms with van der Waals surface area (Å²) in [5, 5.41) is 74.3. The molecule has 0 aromatic carbocycles. The van der Waals surface area contributed by atoms with Crippen molar-refractivity contribution in [3.05, 3.63) is 12.2 Å². The van der Waals surface area contributed by atoms with Gasteiger partial charge in [-0.05, 0) is 38.5 Å². The average Bonchev–Trinajstić information content (AvgIpc) is 3.18. The molecule has 1 aliphatic carbocycles. The fraction of sp³-hybridized carbons (Fsp3) is 0.930. The number of phosphoric ester groups is 1. The zero-order valence-corrected chi connectivity index (χ0v) is 36.4. The van der Waals surface area contributed by atoms with E-state index in [1.807, 2.05) is 0 Å². The number of aliphatic hydroxyl groups excluding tert-OH is 7. The lowest BCUT2D eigenvalue weighted by Gasteiger charge is -2.41. The number of unbranched alkanes of at least 4 members (excludes halogenated alkanes) is 22. The van der Waals surface area contributed by atoms with Gasteiger partial charge >= 0.3 is 7.82 Å². The van der Waals surface area contributed by atoms with E-state index in [9.17, 15) is 50.0 Å². The molecular weight excluding hydrogens is 753 g/mol. The lowest BCUT2D eigenvalue weighted by Crippen LogP contribution is -2.64. The van der Waals surface area contributed by atoms with Crippen LogP contribution < -0.4 is 5.32 Å². The van der Waals surface area contributed by atoms with Crippen LogP contribution in [0.1, 0.15) is 194 Å². The molecule has 0 aromatic heterocycles. The molecule has 14 heteroatoms. The fourth-order valence-electron chi connectivity index (χ4n) is 7.36. The van der Waals surface area contributed by atoms with Crippen molar-refractivity contribution in [2.75, 3.05) is 6.61 Å². The number of allylic oxidation sites excluding steroid dienone is 2. The third-order valence-corrected chi connectivity index (χ3v) is 12.1. The SMILES string of the molecule is CCCCCCCCCCCC/C=C\CCCCCCCC(O)CC(=O)NC(COP(=O)(O)OC1C(O)C(O)C(O)C(O)C1O)C(O)CCCCCCCCCC. The summed E-state index contributed by atoms with van der Waals surface area (Å²) < 4.78 is 22.8. The van der Waals surface area contributed by atoms with Crippen LogP contribution in [0.5, 0.6) is 0 Å². The molecule has 0 bridgehead atoms. The first-order chi connectivity index (χ1) is 27.3. The molecule has 8 unspecified atom stereocenters. The topological polar surface area (TPSA) is 226 Å². The van der Waals surface area contributed by atoms with Gasteiger partial charge in [0, 0.05) is 0 Å². The zero-order chi connectivity index (χ0) is 42.3. The summed E-state index contributed by atoms with van der Waals surface area (Å²) in [6.07, 6.45) is 20.1. The minimum atomic E-state index is -5.11. The Balaban J connectivity index is 2.44. The second-order valence-electron chi connectivity index (χ2n) is 16.4. The van der Waals surface area contributed by atoms with Gasteiger partial charge in [0.25, 0.3) is 0 Å². The maximum absolute atomic E-state index is 12.9. The Morgan fingerprint density at radius 3 is 1.44 bits per heavy atom. The number of rotatable bonds is 37. The maximum Gasteiger partial charge on any atom is 0.472 e. The molecule has 0 aromatic rings. The smallest absolute Gasteiger partial charge is 0.393 e. The van der Waals surface area contributed by atoms with Crippen LogP contribution in [0.15, 0.2) is 12.2 Å². The predicted octanol–water partition coefficient (Wildman–Crippen LogP) is 7.03. The largest absolute Gasteiger partial charge is 0.472 e. The highest BCUT2D eigenvalue weighted by Gasteiger charge is 2.51. The van der Waals surface area contributed by atoms with Gasteiger partial charge in [0.2, 0.25) is 5.91 Å². The summed E-state index contributed by atoms with van der Waals surface area (Å²) >= 11 is 0. The van der Waals surface area contributed by atoms with E-state index >= 15 is 0 Å².